The molecule has 3 rings (SSSR count). The number of aliphatic imine (C=N–C) groups is 1. The predicted octanol–water partition coefficient (Wildman–Crippen LogP) is 3.86. The van der Waals surface area contributed by atoms with Crippen molar-refractivity contribution in [1.82, 2.24) is 20.5 Å². The van der Waals surface area contributed by atoms with E-state index in [2.05, 4.69) is 43.7 Å². The van der Waals surface area contributed by atoms with Crippen molar-refractivity contribution < 1.29 is 4.74 Å². The van der Waals surface area contributed by atoms with E-state index in [-0.39, 0.29) is 30.0 Å². The minimum atomic E-state index is 0. The van der Waals surface area contributed by atoms with Gasteiger partial charge in [-0.05, 0) is 55.3 Å². The molecule has 2 heterocycles. The molecular formula is C21H29ClIN5O. The van der Waals surface area contributed by atoms with Gasteiger partial charge in [0.2, 0.25) is 0 Å². The molecule has 1 saturated heterocycles. The second-order valence-electron chi connectivity index (χ2n) is 6.83. The summed E-state index contributed by atoms with van der Waals surface area (Å²) in [5.74, 6) is 1.65. The third-order valence-electron chi connectivity index (χ3n) is 5.00. The van der Waals surface area contributed by atoms with Gasteiger partial charge in [-0.15, -0.1) is 24.0 Å². The van der Waals surface area contributed by atoms with Crippen molar-refractivity contribution >= 4 is 41.5 Å². The molecule has 0 saturated carbocycles. The summed E-state index contributed by atoms with van der Waals surface area (Å²) in [4.78, 5) is 11.0. The average molecular weight is 530 g/mol. The molecule has 0 aliphatic carbocycles. The summed E-state index contributed by atoms with van der Waals surface area (Å²) in [6, 6.07) is 12.4. The van der Waals surface area contributed by atoms with Crippen molar-refractivity contribution in [2.45, 2.75) is 25.4 Å². The van der Waals surface area contributed by atoms with Crippen molar-refractivity contribution in [2.75, 3.05) is 33.8 Å². The van der Waals surface area contributed by atoms with Crippen LogP contribution in [0.2, 0.25) is 5.15 Å². The molecule has 0 amide bonds. The number of nitrogens with one attached hydrogen (secondary N) is 2. The number of rotatable bonds is 7. The molecular weight excluding hydrogens is 501 g/mol. The summed E-state index contributed by atoms with van der Waals surface area (Å²) in [6.45, 7) is 3.64. The van der Waals surface area contributed by atoms with Crippen LogP contribution >= 0.6 is 35.6 Å². The summed E-state index contributed by atoms with van der Waals surface area (Å²) in [6.07, 6.45) is 4.26. The zero-order chi connectivity index (χ0) is 19.8. The normalized spacial score (nSPS) is 15.5. The molecule has 0 radical (unpaired) electrons. The fourth-order valence-corrected chi connectivity index (χ4v) is 3.58. The Morgan fingerprint density at radius 1 is 1.24 bits per heavy atom. The lowest BCUT2D eigenvalue weighted by molar-refractivity contribution is 0.245. The molecule has 1 fully saturated rings. The number of pyridine rings is 1. The van der Waals surface area contributed by atoms with Crippen molar-refractivity contribution in [1.29, 1.82) is 0 Å². The fourth-order valence-electron chi connectivity index (χ4n) is 3.47. The highest BCUT2D eigenvalue weighted by Crippen LogP contribution is 2.27. The first kappa shape index (κ1) is 23.7. The molecule has 2 N–H and O–H groups in total. The zero-order valence-electron chi connectivity index (χ0n) is 16.9. The Kier molecular flexibility index (Phi) is 9.96. The maximum Gasteiger partial charge on any atom is 0.191 e. The van der Waals surface area contributed by atoms with E-state index in [0.717, 1.165) is 36.9 Å². The van der Waals surface area contributed by atoms with Crippen LogP contribution in [-0.2, 0) is 6.54 Å². The van der Waals surface area contributed by atoms with E-state index in [1.165, 1.54) is 18.4 Å². The second kappa shape index (κ2) is 12.2. The number of benzene rings is 1. The zero-order valence-corrected chi connectivity index (χ0v) is 20.0. The van der Waals surface area contributed by atoms with Gasteiger partial charge in [-0.2, -0.15) is 0 Å². The number of hydrogen-bond acceptors (Lipinski definition) is 4. The third-order valence-corrected chi connectivity index (χ3v) is 5.22. The van der Waals surface area contributed by atoms with Crippen LogP contribution in [0, 0.1) is 0 Å². The lowest BCUT2D eigenvalue weighted by Gasteiger charge is -2.29. The van der Waals surface area contributed by atoms with Gasteiger partial charge in [-0.3, -0.25) is 9.89 Å². The lowest BCUT2D eigenvalue weighted by atomic mass is 10.1. The first-order valence-corrected chi connectivity index (χ1v) is 10.0. The number of hydrogen-bond donors (Lipinski definition) is 2. The first-order valence-electron chi connectivity index (χ1n) is 9.62. The van der Waals surface area contributed by atoms with E-state index in [9.17, 15) is 0 Å². The minimum Gasteiger partial charge on any atom is -0.497 e. The largest absolute Gasteiger partial charge is 0.497 e. The molecule has 158 valence electrons. The Bertz CT molecular complexity index is 781. The molecule has 1 atom stereocenters. The molecule has 0 bridgehead atoms. The summed E-state index contributed by atoms with van der Waals surface area (Å²) in [5, 5.41) is 7.31. The summed E-state index contributed by atoms with van der Waals surface area (Å²) in [7, 11) is 3.49. The maximum atomic E-state index is 5.85. The van der Waals surface area contributed by atoms with Gasteiger partial charge in [0.15, 0.2) is 5.96 Å². The van der Waals surface area contributed by atoms with Crippen LogP contribution in [0.1, 0.15) is 30.0 Å². The van der Waals surface area contributed by atoms with Crippen molar-refractivity contribution in [2.24, 2.45) is 4.99 Å². The lowest BCUT2D eigenvalue weighted by Crippen LogP contribution is -2.42. The van der Waals surface area contributed by atoms with Gasteiger partial charge in [0.25, 0.3) is 0 Å². The Labute approximate surface area is 195 Å². The van der Waals surface area contributed by atoms with Crippen LogP contribution in [0.4, 0.5) is 0 Å². The first-order chi connectivity index (χ1) is 13.7. The molecule has 1 aliphatic rings. The highest BCUT2D eigenvalue weighted by Gasteiger charge is 2.24. The number of ether oxygens (including phenoxy) is 1. The van der Waals surface area contributed by atoms with Crippen LogP contribution in [0.5, 0.6) is 5.75 Å². The molecule has 2 aromatic rings. The summed E-state index contributed by atoms with van der Waals surface area (Å²) in [5.41, 5.74) is 2.31. The molecule has 1 aromatic heterocycles. The maximum absolute atomic E-state index is 5.85. The average Bonchev–Trinajstić information content (AvgIpc) is 3.26. The van der Waals surface area contributed by atoms with Crippen molar-refractivity contribution in [3.8, 4) is 5.75 Å². The van der Waals surface area contributed by atoms with E-state index in [1.54, 1.807) is 26.4 Å². The standard InChI is InChI=1S/C21H28ClN5O.HI/c1-23-21(25-14-16-8-9-20(22)24-13-16)26-15-19(27-10-3-4-11-27)17-6-5-7-18(12-17)28-2;/h5-9,12-13,19H,3-4,10-11,14-15H2,1-2H3,(H2,23,25,26);1H. The molecule has 29 heavy (non-hydrogen) atoms. The highest BCUT2D eigenvalue weighted by atomic mass is 127. The van der Waals surface area contributed by atoms with Gasteiger partial charge < -0.3 is 15.4 Å². The monoisotopic (exact) mass is 529 g/mol. The Balaban J connectivity index is 0.00000300. The van der Waals surface area contributed by atoms with Gasteiger partial charge in [-0.25, -0.2) is 4.98 Å². The SMILES string of the molecule is CN=C(NCc1ccc(Cl)nc1)NCC(c1cccc(OC)c1)N1CCCC1.I. The fraction of sp³-hybridized carbons (Fsp3) is 0.429. The topological polar surface area (TPSA) is 61.8 Å². The smallest absolute Gasteiger partial charge is 0.191 e. The minimum absolute atomic E-state index is 0. The van der Waals surface area contributed by atoms with E-state index in [0.29, 0.717) is 11.7 Å². The van der Waals surface area contributed by atoms with Crippen molar-refractivity contribution in [3.63, 3.8) is 0 Å². The van der Waals surface area contributed by atoms with Crippen LogP contribution in [-0.4, -0.2) is 49.6 Å². The quantitative estimate of drug-likeness (QED) is 0.247. The molecule has 6 nitrogen and oxygen atoms in total. The van der Waals surface area contributed by atoms with E-state index >= 15 is 0 Å². The van der Waals surface area contributed by atoms with Gasteiger partial charge in [0.1, 0.15) is 10.9 Å². The van der Waals surface area contributed by atoms with Gasteiger partial charge in [-0.1, -0.05) is 29.8 Å². The summed E-state index contributed by atoms with van der Waals surface area (Å²) < 4.78 is 5.42. The highest BCUT2D eigenvalue weighted by molar-refractivity contribution is 14.0. The molecule has 1 aliphatic heterocycles. The van der Waals surface area contributed by atoms with Crippen LogP contribution in [0.25, 0.3) is 0 Å². The van der Waals surface area contributed by atoms with Crippen LogP contribution in [0.15, 0.2) is 47.6 Å². The van der Waals surface area contributed by atoms with Crippen LogP contribution in [0.3, 0.4) is 0 Å². The molecule has 0 spiro atoms. The van der Waals surface area contributed by atoms with Gasteiger partial charge >= 0.3 is 0 Å². The molecule has 8 heteroatoms. The third kappa shape index (κ3) is 7.01. The van der Waals surface area contributed by atoms with Gasteiger partial charge in [0.05, 0.1) is 13.2 Å². The van der Waals surface area contributed by atoms with Crippen LogP contribution < -0.4 is 15.4 Å². The number of guanidine groups is 1. The van der Waals surface area contributed by atoms with E-state index < -0.39 is 0 Å². The van der Waals surface area contributed by atoms with Crippen molar-refractivity contribution in [3.05, 3.63) is 58.9 Å². The number of likely N-dealkylation sites (tertiary alicyclic amines) is 1. The van der Waals surface area contributed by atoms with E-state index in [4.69, 9.17) is 16.3 Å². The van der Waals surface area contributed by atoms with E-state index in [1.807, 2.05) is 12.1 Å². The number of methoxy groups -OCH3 is 1. The molecule has 1 aromatic carbocycles. The second-order valence-corrected chi connectivity index (χ2v) is 7.22. The number of halogens is 2. The number of aromatic nitrogens is 1. The van der Waals surface area contributed by atoms with Gasteiger partial charge in [0, 0.05) is 26.3 Å². The molecule has 1 unspecified atom stereocenters. The Morgan fingerprint density at radius 2 is 2.03 bits per heavy atom. The Morgan fingerprint density at radius 3 is 2.69 bits per heavy atom. The Hall–Kier alpha value is -1.58. The number of nitrogens with zero attached hydrogens (tertiary/aromatic N) is 3. The predicted molar refractivity (Wildman–Crippen MR) is 129 cm³/mol. The summed E-state index contributed by atoms with van der Waals surface area (Å²) >= 11 is 5.85.